The molecule has 1 saturated carbocycles. The molecule has 26 heavy (non-hydrogen) atoms. The first-order valence-corrected chi connectivity index (χ1v) is 11.5. The molecule has 0 spiro atoms. The molecule has 4 rings (SSSR count). The number of thiophene rings is 1. The number of carbonyl (C=O) groups excluding carboxylic acids is 1. The number of thioether (sulfide) groups is 1. The summed E-state index contributed by atoms with van der Waals surface area (Å²) in [5.74, 6) is 2.38. The smallest absolute Gasteiger partial charge is 0.233 e. The fourth-order valence-corrected chi connectivity index (χ4v) is 6.02. The molecule has 0 radical (unpaired) electrons. The molecule has 140 valence electrons. The molecule has 0 N–H and O–H groups in total. The molecule has 0 bridgehead atoms. The fourth-order valence-electron chi connectivity index (χ4n) is 4.41. The van der Waals surface area contributed by atoms with Gasteiger partial charge in [-0.2, -0.15) is 0 Å². The molecule has 2 aliphatic rings. The van der Waals surface area contributed by atoms with E-state index >= 15 is 0 Å². The van der Waals surface area contributed by atoms with E-state index in [0.29, 0.717) is 11.8 Å². The van der Waals surface area contributed by atoms with E-state index in [1.54, 1.807) is 11.3 Å². The Bertz CT molecular complexity index is 741. The zero-order valence-corrected chi connectivity index (χ0v) is 16.9. The highest BCUT2D eigenvalue weighted by atomic mass is 32.2. The number of amides is 1. The van der Waals surface area contributed by atoms with Crippen LogP contribution in [0.4, 0.5) is 0 Å². The fraction of sp³-hybridized carbons (Fsp3) is 0.632. The minimum atomic E-state index is 0.273. The maximum absolute atomic E-state index is 12.9. The summed E-state index contributed by atoms with van der Waals surface area (Å²) in [5.41, 5.74) is 0. The molecule has 2 aromatic heterocycles. The van der Waals surface area contributed by atoms with Crippen molar-refractivity contribution in [3.8, 4) is 10.7 Å². The molecule has 0 unspecified atom stereocenters. The van der Waals surface area contributed by atoms with Gasteiger partial charge in [0.2, 0.25) is 5.91 Å². The number of nitrogens with zero attached hydrogens (tertiary/aromatic N) is 4. The van der Waals surface area contributed by atoms with Gasteiger partial charge in [0.05, 0.1) is 10.6 Å². The van der Waals surface area contributed by atoms with Gasteiger partial charge < -0.3 is 9.47 Å². The quantitative estimate of drug-likeness (QED) is 0.714. The Balaban J connectivity index is 1.43. The van der Waals surface area contributed by atoms with Gasteiger partial charge in [-0.3, -0.25) is 4.79 Å². The third kappa shape index (κ3) is 3.56. The van der Waals surface area contributed by atoms with Crippen molar-refractivity contribution in [2.45, 2.75) is 63.2 Å². The van der Waals surface area contributed by atoms with Gasteiger partial charge >= 0.3 is 0 Å². The van der Waals surface area contributed by atoms with Gasteiger partial charge in [0.15, 0.2) is 11.0 Å². The molecule has 2 fully saturated rings. The van der Waals surface area contributed by atoms with Crippen molar-refractivity contribution in [3.05, 3.63) is 17.5 Å². The van der Waals surface area contributed by atoms with E-state index < -0.39 is 0 Å². The van der Waals surface area contributed by atoms with Crippen LogP contribution < -0.4 is 0 Å². The number of piperidine rings is 1. The number of likely N-dealkylation sites (tertiary alicyclic amines) is 1. The molecule has 2 aromatic rings. The van der Waals surface area contributed by atoms with Crippen LogP contribution in [0.2, 0.25) is 0 Å². The van der Waals surface area contributed by atoms with Crippen LogP contribution in [-0.2, 0) is 11.3 Å². The molecule has 2 atom stereocenters. The normalized spacial score (nSPS) is 23.0. The summed E-state index contributed by atoms with van der Waals surface area (Å²) in [4.78, 5) is 16.2. The summed E-state index contributed by atoms with van der Waals surface area (Å²) < 4.78 is 2.11. The number of aromatic nitrogens is 3. The maximum Gasteiger partial charge on any atom is 0.233 e. The van der Waals surface area contributed by atoms with E-state index in [0.717, 1.165) is 41.3 Å². The van der Waals surface area contributed by atoms with Gasteiger partial charge in [-0.05, 0) is 50.0 Å². The Labute approximate surface area is 163 Å². The lowest BCUT2D eigenvalue weighted by Gasteiger charge is -2.44. The zero-order chi connectivity index (χ0) is 17.9. The Morgan fingerprint density at radius 2 is 2.12 bits per heavy atom. The number of fused-ring (bicyclic) bond motifs is 1. The second kappa shape index (κ2) is 8.13. The topological polar surface area (TPSA) is 51.0 Å². The molecule has 1 aliphatic heterocycles. The number of rotatable bonds is 5. The maximum atomic E-state index is 12.9. The van der Waals surface area contributed by atoms with Gasteiger partial charge in [0, 0.05) is 19.1 Å². The van der Waals surface area contributed by atoms with Crippen molar-refractivity contribution in [2.75, 3.05) is 12.3 Å². The van der Waals surface area contributed by atoms with E-state index in [1.165, 1.54) is 43.9 Å². The lowest BCUT2D eigenvalue weighted by atomic mass is 9.78. The van der Waals surface area contributed by atoms with E-state index in [2.05, 4.69) is 38.0 Å². The van der Waals surface area contributed by atoms with Crippen LogP contribution in [0.5, 0.6) is 0 Å². The van der Waals surface area contributed by atoms with Crippen LogP contribution in [0.3, 0.4) is 0 Å². The molecule has 7 heteroatoms. The number of hydrogen-bond donors (Lipinski definition) is 0. The molecule has 3 heterocycles. The predicted molar refractivity (Wildman–Crippen MR) is 106 cm³/mol. The van der Waals surface area contributed by atoms with Gasteiger partial charge in [0.1, 0.15) is 0 Å². The van der Waals surface area contributed by atoms with Gasteiger partial charge in [-0.15, -0.1) is 21.5 Å². The lowest BCUT2D eigenvalue weighted by Crippen LogP contribution is -2.50. The minimum Gasteiger partial charge on any atom is -0.339 e. The second-order valence-corrected chi connectivity index (χ2v) is 9.05. The molecule has 0 aromatic carbocycles. The predicted octanol–water partition coefficient (Wildman–Crippen LogP) is 4.30. The highest BCUT2D eigenvalue weighted by molar-refractivity contribution is 7.99. The van der Waals surface area contributed by atoms with Crippen LogP contribution >= 0.6 is 23.1 Å². The summed E-state index contributed by atoms with van der Waals surface area (Å²) in [6, 6.07) is 4.58. The van der Waals surface area contributed by atoms with Crippen LogP contribution in [0.25, 0.3) is 10.7 Å². The van der Waals surface area contributed by atoms with E-state index in [9.17, 15) is 4.79 Å². The summed E-state index contributed by atoms with van der Waals surface area (Å²) in [6.07, 6.45) is 7.56. The average Bonchev–Trinajstić information content (AvgIpc) is 3.34. The van der Waals surface area contributed by atoms with Crippen LogP contribution in [-0.4, -0.2) is 43.9 Å². The van der Waals surface area contributed by atoms with Crippen molar-refractivity contribution in [3.63, 3.8) is 0 Å². The monoisotopic (exact) mass is 390 g/mol. The van der Waals surface area contributed by atoms with Gasteiger partial charge in [-0.25, -0.2) is 0 Å². The summed E-state index contributed by atoms with van der Waals surface area (Å²) in [7, 11) is 0. The summed E-state index contributed by atoms with van der Waals surface area (Å²) >= 11 is 3.20. The molecule has 1 aliphatic carbocycles. The molecule has 1 saturated heterocycles. The minimum absolute atomic E-state index is 0.273. The third-order valence-electron chi connectivity index (χ3n) is 5.66. The lowest BCUT2D eigenvalue weighted by molar-refractivity contribution is -0.134. The van der Waals surface area contributed by atoms with E-state index in [-0.39, 0.29) is 5.91 Å². The summed E-state index contributed by atoms with van der Waals surface area (Å²) in [5, 5.41) is 11.6. The van der Waals surface area contributed by atoms with Crippen LogP contribution in [0.1, 0.15) is 45.4 Å². The van der Waals surface area contributed by atoms with Crippen molar-refractivity contribution >= 4 is 29.0 Å². The SMILES string of the molecule is CCn1c(SCC(=O)N2CCC[C@H]3CCCC[C@@H]32)nnc1-c1cccs1. The Hall–Kier alpha value is -1.34. The third-order valence-corrected chi connectivity index (χ3v) is 7.48. The van der Waals surface area contributed by atoms with Gasteiger partial charge in [-0.1, -0.05) is 30.7 Å². The molecule has 1 amide bonds. The number of hydrogen-bond acceptors (Lipinski definition) is 5. The standard InChI is InChI=1S/C19H26N4OS2/c1-2-22-18(16-10-6-12-25-16)20-21-19(22)26-13-17(24)23-11-5-8-14-7-3-4-9-15(14)23/h6,10,12,14-15H,2-5,7-9,11,13H2,1H3/t14-,15+/m1/s1. The first-order chi connectivity index (χ1) is 12.8. The molecular weight excluding hydrogens is 364 g/mol. The zero-order valence-electron chi connectivity index (χ0n) is 15.3. The van der Waals surface area contributed by atoms with E-state index in [4.69, 9.17) is 0 Å². The van der Waals surface area contributed by atoms with Crippen molar-refractivity contribution in [2.24, 2.45) is 5.92 Å². The Morgan fingerprint density at radius 1 is 1.27 bits per heavy atom. The van der Waals surface area contributed by atoms with Crippen molar-refractivity contribution in [1.82, 2.24) is 19.7 Å². The highest BCUT2D eigenvalue weighted by Gasteiger charge is 2.35. The molecule has 5 nitrogen and oxygen atoms in total. The van der Waals surface area contributed by atoms with Crippen molar-refractivity contribution < 1.29 is 4.79 Å². The second-order valence-electron chi connectivity index (χ2n) is 7.16. The first kappa shape index (κ1) is 18.0. The average molecular weight is 391 g/mol. The first-order valence-electron chi connectivity index (χ1n) is 9.67. The van der Waals surface area contributed by atoms with Crippen molar-refractivity contribution in [1.29, 1.82) is 0 Å². The number of carbonyl (C=O) groups is 1. The Kier molecular flexibility index (Phi) is 5.64. The molecular formula is C19H26N4OS2. The van der Waals surface area contributed by atoms with E-state index in [1.807, 2.05) is 6.07 Å². The van der Waals surface area contributed by atoms with Crippen LogP contribution in [0.15, 0.2) is 22.7 Å². The summed E-state index contributed by atoms with van der Waals surface area (Å²) in [6.45, 7) is 3.84. The largest absolute Gasteiger partial charge is 0.339 e. The Morgan fingerprint density at radius 3 is 2.92 bits per heavy atom. The highest BCUT2D eigenvalue weighted by Crippen LogP contribution is 2.36. The van der Waals surface area contributed by atoms with Gasteiger partial charge in [0.25, 0.3) is 0 Å². The van der Waals surface area contributed by atoms with Crippen LogP contribution in [0, 0.1) is 5.92 Å².